The van der Waals surface area contributed by atoms with E-state index in [1.54, 1.807) is 11.9 Å². The Morgan fingerprint density at radius 2 is 2.05 bits per heavy atom. The van der Waals surface area contributed by atoms with E-state index in [9.17, 15) is 9.59 Å². The molecule has 5 heteroatoms. The van der Waals surface area contributed by atoms with E-state index in [0.717, 1.165) is 12.8 Å². The van der Waals surface area contributed by atoms with Gasteiger partial charge in [-0.25, -0.2) is 0 Å². The minimum absolute atomic E-state index is 0.0611. The van der Waals surface area contributed by atoms with Gasteiger partial charge in [0.1, 0.15) is 6.26 Å². The maximum Gasteiger partial charge on any atom is 0.289 e. The van der Waals surface area contributed by atoms with E-state index in [1.165, 1.54) is 38.7 Å². The van der Waals surface area contributed by atoms with E-state index in [2.05, 4.69) is 6.92 Å². The van der Waals surface area contributed by atoms with Crippen LogP contribution >= 0.6 is 0 Å². The number of hydrogen-bond acceptors (Lipinski definition) is 4. The van der Waals surface area contributed by atoms with Crippen LogP contribution in [0.25, 0.3) is 0 Å². The van der Waals surface area contributed by atoms with Crippen LogP contribution in [-0.4, -0.2) is 31.0 Å². The molecule has 1 aromatic heterocycles. The highest BCUT2D eigenvalue weighted by Crippen LogP contribution is 2.28. The second kappa shape index (κ2) is 6.78. The monoisotopic (exact) mass is 293 g/mol. The molecule has 1 heterocycles. The Hall–Kier alpha value is -1.78. The number of carbonyl (C=O) groups excluding carboxylic acids is 1. The molecule has 1 amide bonds. The zero-order valence-electron chi connectivity index (χ0n) is 12.9. The van der Waals surface area contributed by atoms with Crippen molar-refractivity contribution >= 4 is 5.91 Å². The highest BCUT2D eigenvalue weighted by Gasteiger charge is 2.27. The third kappa shape index (κ3) is 3.46. The van der Waals surface area contributed by atoms with E-state index in [0.29, 0.717) is 5.92 Å². The number of hydrogen-bond donors (Lipinski definition) is 0. The fourth-order valence-corrected chi connectivity index (χ4v) is 2.95. The molecule has 1 saturated carbocycles. The highest BCUT2D eigenvalue weighted by molar-refractivity contribution is 5.91. The standard InChI is InChI=1S/C16H23NO4/c1-11(12-7-5-4-6-8-12)17(2)16(19)14-9-13(18)15(20-3)10-21-14/h9-12H,4-8H2,1-3H3/t11-/m0/s1. The van der Waals surface area contributed by atoms with Gasteiger partial charge in [-0.15, -0.1) is 0 Å². The zero-order chi connectivity index (χ0) is 15.4. The van der Waals surface area contributed by atoms with Crippen molar-refractivity contribution in [1.29, 1.82) is 0 Å². The predicted molar refractivity (Wildman–Crippen MR) is 79.7 cm³/mol. The molecule has 116 valence electrons. The Labute approximate surface area is 124 Å². The Bertz CT molecular complexity index is 545. The molecule has 0 radical (unpaired) electrons. The topological polar surface area (TPSA) is 59.8 Å². The molecule has 1 atom stereocenters. The van der Waals surface area contributed by atoms with Crippen molar-refractivity contribution in [3.8, 4) is 5.75 Å². The zero-order valence-corrected chi connectivity index (χ0v) is 12.9. The summed E-state index contributed by atoms with van der Waals surface area (Å²) in [7, 11) is 3.16. The Kier molecular flexibility index (Phi) is 5.04. The SMILES string of the molecule is COc1coc(C(=O)N(C)[C@@H](C)C2CCCCC2)cc1=O. The first-order valence-corrected chi connectivity index (χ1v) is 7.48. The summed E-state index contributed by atoms with van der Waals surface area (Å²) in [6, 6.07) is 1.34. The maximum atomic E-state index is 12.4. The number of rotatable bonds is 4. The average molecular weight is 293 g/mol. The lowest BCUT2D eigenvalue weighted by Crippen LogP contribution is -2.40. The van der Waals surface area contributed by atoms with Crippen molar-refractivity contribution < 1.29 is 13.9 Å². The second-order valence-corrected chi connectivity index (χ2v) is 5.73. The molecule has 0 saturated heterocycles. The molecule has 5 nitrogen and oxygen atoms in total. The number of ether oxygens (including phenoxy) is 1. The Morgan fingerprint density at radius 3 is 2.62 bits per heavy atom. The van der Waals surface area contributed by atoms with Gasteiger partial charge in [0.15, 0.2) is 5.76 Å². The summed E-state index contributed by atoms with van der Waals surface area (Å²) in [4.78, 5) is 25.8. The molecule has 0 spiro atoms. The first kappa shape index (κ1) is 15.6. The Morgan fingerprint density at radius 1 is 1.38 bits per heavy atom. The van der Waals surface area contributed by atoms with Gasteiger partial charge < -0.3 is 14.1 Å². The van der Waals surface area contributed by atoms with Gasteiger partial charge in [-0.3, -0.25) is 9.59 Å². The molecule has 1 aliphatic rings. The summed E-state index contributed by atoms with van der Waals surface area (Å²) in [5.74, 6) is 0.436. The third-order valence-corrected chi connectivity index (χ3v) is 4.49. The molecule has 0 N–H and O–H groups in total. The van der Waals surface area contributed by atoms with Gasteiger partial charge in [0.2, 0.25) is 11.2 Å². The molecule has 1 aliphatic carbocycles. The van der Waals surface area contributed by atoms with E-state index in [4.69, 9.17) is 9.15 Å². The minimum Gasteiger partial charge on any atom is -0.490 e. The maximum absolute atomic E-state index is 12.4. The van der Waals surface area contributed by atoms with Crippen LogP contribution in [0.1, 0.15) is 49.6 Å². The Balaban J connectivity index is 2.11. The fourth-order valence-electron chi connectivity index (χ4n) is 2.95. The molecule has 2 rings (SSSR count). The van der Waals surface area contributed by atoms with E-state index >= 15 is 0 Å². The van der Waals surface area contributed by atoms with Gasteiger partial charge in [-0.1, -0.05) is 19.3 Å². The number of amides is 1. The van der Waals surface area contributed by atoms with E-state index < -0.39 is 0 Å². The lowest BCUT2D eigenvalue weighted by Gasteiger charge is -2.34. The smallest absolute Gasteiger partial charge is 0.289 e. The minimum atomic E-state index is -0.342. The molecule has 0 aliphatic heterocycles. The fraction of sp³-hybridized carbons (Fsp3) is 0.625. The molecule has 0 unspecified atom stereocenters. The normalized spacial score (nSPS) is 17.3. The van der Waals surface area contributed by atoms with Crippen LogP contribution in [0.2, 0.25) is 0 Å². The van der Waals surface area contributed by atoms with Crippen molar-refractivity contribution in [3.63, 3.8) is 0 Å². The summed E-state index contributed by atoms with van der Waals surface area (Å²) < 4.78 is 10.1. The average Bonchev–Trinajstić information content (AvgIpc) is 2.53. The second-order valence-electron chi connectivity index (χ2n) is 5.73. The highest BCUT2D eigenvalue weighted by atomic mass is 16.5. The molecule has 0 bridgehead atoms. The van der Waals surface area contributed by atoms with Gasteiger partial charge in [-0.2, -0.15) is 0 Å². The van der Waals surface area contributed by atoms with Crippen LogP contribution in [-0.2, 0) is 0 Å². The largest absolute Gasteiger partial charge is 0.490 e. The van der Waals surface area contributed by atoms with Crippen molar-refractivity contribution in [2.75, 3.05) is 14.2 Å². The number of methoxy groups -OCH3 is 1. The lowest BCUT2D eigenvalue weighted by molar-refractivity contribution is 0.0630. The van der Waals surface area contributed by atoms with E-state index in [1.807, 2.05) is 0 Å². The first-order valence-electron chi connectivity index (χ1n) is 7.48. The van der Waals surface area contributed by atoms with Crippen LogP contribution in [0.3, 0.4) is 0 Å². The van der Waals surface area contributed by atoms with Crippen molar-refractivity contribution in [3.05, 3.63) is 28.3 Å². The molecular formula is C16H23NO4. The molecule has 21 heavy (non-hydrogen) atoms. The summed E-state index contributed by atoms with van der Waals surface area (Å²) in [6.45, 7) is 2.06. The van der Waals surface area contributed by atoms with Crippen LogP contribution in [0.15, 0.2) is 21.5 Å². The van der Waals surface area contributed by atoms with Crippen LogP contribution < -0.4 is 10.2 Å². The van der Waals surface area contributed by atoms with Gasteiger partial charge in [-0.05, 0) is 25.7 Å². The quantitative estimate of drug-likeness (QED) is 0.856. The third-order valence-electron chi connectivity index (χ3n) is 4.49. The lowest BCUT2D eigenvalue weighted by atomic mass is 9.84. The van der Waals surface area contributed by atoms with Gasteiger partial charge in [0.05, 0.1) is 7.11 Å². The van der Waals surface area contributed by atoms with Crippen molar-refractivity contribution in [1.82, 2.24) is 4.90 Å². The van der Waals surface area contributed by atoms with Crippen molar-refractivity contribution in [2.45, 2.75) is 45.1 Å². The number of carbonyl (C=O) groups is 1. The van der Waals surface area contributed by atoms with Crippen LogP contribution in [0.5, 0.6) is 5.75 Å². The van der Waals surface area contributed by atoms with Crippen LogP contribution in [0.4, 0.5) is 0 Å². The molecule has 1 aromatic rings. The predicted octanol–water partition coefficient (Wildman–Crippen LogP) is 2.69. The molecular weight excluding hydrogens is 270 g/mol. The molecule has 1 fully saturated rings. The molecule has 0 aromatic carbocycles. The summed E-state index contributed by atoms with van der Waals surface area (Å²) in [5, 5.41) is 0. The summed E-state index contributed by atoms with van der Waals surface area (Å²) >= 11 is 0. The van der Waals surface area contributed by atoms with E-state index in [-0.39, 0.29) is 28.9 Å². The number of nitrogens with zero attached hydrogens (tertiary/aromatic N) is 1. The van der Waals surface area contributed by atoms with Crippen LogP contribution in [0, 0.1) is 5.92 Å². The first-order chi connectivity index (χ1) is 10.0. The van der Waals surface area contributed by atoms with Crippen molar-refractivity contribution in [2.24, 2.45) is 5.92 Å². The van der Waals surface area contributed by atoms with Gasteiger partial charge >= 0.3 is 0 Å². The summed E-state index contributed by atoms with van der Waals surface area (Å²) in [5.41, 5.74) is -0.342. The summed E-state index contributed by atoms with van der Waals surface area (Å²) in [6.07, 6.45) is 7.25. The van der Waals surface area contributed by atoms with Gasteiger partial charge in [0.25, 0.3) is 5.91 Å². The van der Waals surface area contributed by atoms with Gasteiger partial charge in [0, 0.05) is 19.2 Å².